The molecule has 84 heavy (non-hydrogen) atoms. The second-order valence-electron chi connectivity index (χ2n) is 23.1. The summed E-state index contributed by atoms with van der Waals surface area (Å²) in [6.07, 6.45) is 27.9. The first-order valence-corrected chi connectivity index (χ1v) is 30.5. The van der Waals surface area contributed by atoms with E-state index in [2.05, 4.69) is 78.9 Å². The Morgan fingerprint density at radius 3 is 1.43 bits per heavy atom. The summed E-state index contributed by atoms with van der Waals surface area (Å²) in [6.45, 7) is 20.5. The van der Waals surface area contributed by atoms with Gasteiger partial charge in [0.05, 0.1) is 33.0 Å². The molecule has 460 valence electrons. The van der Waals surface area contributed by atoms with Crippen molar-refractivity contribution in [2.75, 3.05) is 47.1 Å². The Morgan fingerprint density at radius 2 is 1.07 bits per heavy atom. The fourth-order valence-electron chi connectivity index (χ4n) is 10.9. The van der Waals surface area contributed by atoms with E-state index in [9.17, 15) is 19.2 Å². The molecule has 7 aliphatic rings. The topological polar surface area (TPSA) is 159 Å². The van der Waals surface area contributed by atoms with Crippen molar-refractivity contribution in [3.63, 3.8) is 0 Å². The molecule has 0 bridgehead atoms. The molecule has 2 N–H and O–H groups in total. The number of hydrogen-bond donors (Lipinski definition) is 2. The standard InChI is InChI=1S/C27H35NO5.C16H21NO3.C11H15ClO2.C10H16O.C4H9.CH4.Li/c1-18(2)20-10-8-19(9-11-20)17-32-27(30)28-16-22(15-26(28)29)21-12-13-24(31-3)25(14-21)33-23-6-4-5-7-23;1-19-14-7-6-11(12-9-16(18)17-10-12)8-15(14)20-13-4-2-3-5-13;1-8(2)10-5-3-9(4-6-10)7-14-11(12)13;1-8(2)10-5-3-9(7-11)4-6-10;1-3-4-2;;/h8,12-14,22-23H,4-7,9-11,15-17H2,1-3H3;6-8,12-13H,2-5,9-10H2,1H3,(H,17,18);3H,4-7H2,1-2H3;3,11H,4-7H2,1-2H3;1,3-4H2,2H3;1H4;/q;;;;-1;;+1. The summed E-state index contributed by atoms with van der Waals surface area (Å²) in [5.41, 5.74) is 13.6. The average Bonchev–Trinajstić information content (AvgIpc) is 4.06. The van der Waals surface area contributed by atoms with Crippen molar-refractivity contribution in [3.8, 4) is 23.0 Å². The van der Waals surface area contributed by atoms with Crippen LogP contribution in [0.1, 0.15) is 214 Å². The van der Waals surface area contributed by atoms with Crippen LogP contribution in [0.5, 0.6) is 23.0 Å². The number of benzene rings is 2. The van der Waals surface area contributed by atoms with Crippen LogP contribution in [-0.4, -0.2) is 92.7 Å². The van der Waals surface area contributed by atoms with Gasteiger partial charge in [0.15, 0.2) is 23.0 Å². The zero-order chi connectivity index (χ0) is 59.6. The molecule has 0 radical (unpaired) electrons. The van der Waals surface area contributed by atoms with Crippen LogP contribution in [0.3, 0.4) is 0 Å². The van der Waals surface area contributed by atoms with Gasteiger partial charge in [0.2, 0.25) is 11.8 Å². The van der Waals surface area contributed by atoms with Gasteiger partial charge in [-0.3, -0.25) is 9.59 Å². The SMILES string of the molecule is C.CC(C)=C1CC=C(CO)CC1.CC(C)=C1CC=C(COC(=O)Cl)CC1.COc1ccc(C2CC(=O)N(C(=O)OCC3=CCC(=C(C)C)CC3)C2)cc1OC1CCCC1.COc1ccc(C2CNC(=O)C2)cc1OC1CCCC1.[CH2-]CCC.[Li+]. The third kappa shape index (κ3) is 24.3. The van der Waals surface area contributed by atoms with Crippen LogP contribution in [0.2, 0.25) is 0 Å². The summed E-state index contributed by atoms with van der Waals surface area (Å²) in [5.74, 6) is 3.12. The Bertz CT molecular complexity index is 2630. The van der Waals surface area contributed by atoms with Crippen molar-refractivity contribution in [1.82, 2.24) is 10.2 Å². The molecule has 2 unspecified atom stereocenters. The first-order chi connectivity index (χ1) is 39.4. The molecule has 2 saturated carbocycles. The van der Waals surface area contributed by atoms with Gasteiger partial charge in [-0.2, -0.15) is 6.42 Å². The van der Waals surface area contributed by atoms with Crippen LogP contribution < -0.4 is 43.1 Å². The molecular formula is C69H100ClLiN2O11. The maximum atomic E-state index is 12.6. The van der Waals surface area contributed by atoms with Gasteiger partial charge in [-0.15, -0.1) is 0 Å². The Morgan fingerprint density at radius 1 is 0.643 bits per heavy atom. The van der Waals surface area contributed by atoms with Gasteiger partial charge in [-0.1, -0.05) is 84.6 Å². The molecule has 2 aromatic rings. The largest absolute Gasteiger partial charge is 1.00 e. The maximum Gasteiger partial charge on any atom is 1.00 e. The number of nitrogens with zero attached hydrogens (tertiary/aromatic N) is 1. The van der Waals surface area contributed by atoms with Gasteiger partial charge in [-0.05, 0) is 203 Å². The Hall–Kier alpha value is -5.19. The van der Waals surface area contributed by atoms with Crippen molar-refractivity contribution in [2.24, 2.45) is 0 Å². The number of hydrogen-bond acceptors (Lipinski definition) is 11. The van der Waals surface area contributed by atoms with E-state index in [0.717, 1.165) is 124 Å². The van der Waals surface area contributed by atoms with Crippen molar-refractivity contribution in [1.29, 1.82) is 0 Å². The fraction of sp³-hybridized carbons (Fsp3) is 0.580. The van der Waals surface area contributed by atoms with E-state index in [1.807, 2.05) is 36.4 Å². The third-order valence-electron chi connectivity index (χ3n) is 16.4. The molecule has 15 heteroatoms. The minimum Gasteiger partial charge on any atom is -0.493 e. The summed E-state index contributed by atoms with van der Waals surface area (Å²) in [7, 11) is 3.30. The van der Waals surface area contributed by atoms with Gasteiger partial charge in [0.1, 0.15) is 13.2 Å². The molecule has 2 heterocycles. The van der Waals surface area contributed by atoms with Crippen molar-refractivity contribution in [3.05, 3.63) is 123 Å². The number of aliphatic hydroxyl groups is 1. The molecular weight excluding hydrogens is 1080 g/mol. The summed E-state index contributed by atoms with van der Waals surface area (Å²) in [4.78, 5) is 48.2. The van der Waals surface area contributed by atoms with Gasteiger partial charge >= 0.3 is 30.4 Å². The number of amides is 3. The summed E-state index contributed by atoms with van der Waals surface area (Å²) >= 11 is 5.08. The van der Waals surface area contributed by atoms with E-state index >= 15 is 0 Å². The van der Waals surface area contributed by atoms with Crippen molar-refractivity contribution in [2.45, 2.75) is 215 Å². The number of nitrogens with one attached hydrogen (secondary N) is 1. The number of likely N-dealkylation sites (tertiary alicyclic amines) is 1. The zero-order valence-electron chi connectivity index (χ0n) is 52.0. The quantitative estimate of drug-likeness (QED) is 0.0802. The van der Waals surface area contributed by atoms with Crippen LogP contribution in [0, 0.1) is 6.92 Å². The van der Waals surface area contributed by atoms with Gasteiger partial charge < -0.3 is 45.8 Å². The smallest absolute Gasteiger partial charge is 0.493 e. The molecule has 5 aliphatic carbocycles. The Balaban J connectivity index is 0.000000309. The number of ether oxygens (including phenoxy) is 6. The number of methoxy groups -OCH3 is 2. The molecule has 2 saturated heterocycles. The summed E-state index contributed by atoms with van der Waals surface area (Å²) in [6, 6.07) is 11.8. The number of allylic oxidation sites excluding steroid dienone is 9. The minimum absolute atomic E-state index is 0. The molecule has 0 aromatic heterocycles. The normalized spacial score (nSPS) is 19.2. The molecule has 13 nitrogen and oxygen atoms in total. The third-order valence-corrected chi connectivity index (χ3v) is 16.5. The number of carbonyl (C=O) groups excluding carboxylic acids is 4. The fourth-order valence-corrected chi connectivity index (χ4v) is 11.0. The predicted octanol–water partition coefficient (Wildman–Crippen LogP) is 14.0. The van der Waals surface area contributed by atoms with E-state index in [1.165, 1.54) is 76.0 Å². The first kappa shape index (κ1) is 73.1. The second kappa shape index (κ2) is 38.8. The molecule has 4 fully saturated rings. The minimum atomic E-state index is -0.723. The zero-order valence-corrected chi connectivity index (χ0v) is 52.7. The Labute approximate surface area is 521 Å². The van der Waals surface area contributed by atoms with Crippen molar-refractivity contribution < 1.29 is 71.6 Å². The van der Waals surface area contributed by atoms with Crippen LogP contribution in [-0.2, 0) is 19.1 Å². The number of aliphatic hydroxyl groups excluding tert-OH is 1. The summed E-state index contributed by atoms with van der Waals surface area (Å²) in [5, 5.41) is 11.7. The average molecular weight is 1180 g/mol. The van der Waals surface area contributed by atoms with E-state index in [4.69, 9.17) is 45.1 Å². The second-order valence-corrected chi connectivity index (χ2v) is 23.4. The van der Waals surface area contributed by atoms with E-state index in [-0.39, 0.29) is 75.7 Å². The first-order valence-electron chi connectivity index (χ1n) is 30.1. The Kier molecular flexibility index (Phi) is 33.7. The number of halogens is 1. The number of unbranched alkanes of at least 4 members (excludes halogenated alkanes) is 1. The molecule has 2 aromatic carbocycles. The van der Waals surface area contributed by atoms with Crippen molar-refractivity contribution >= 4 is 34.9 Å². The van der Waals surface area contributed by atoms with Crippen LogP contribution in [0.15, 0.2) is 105 Å². The number of carbonyl (C=O) groups is 4. The molecule has 3 amide bonds. The van der Waals surface area contributed by atoms with Crippen LogP contribution in [0.25, 0.3) is 0 Å². The monoisotopic (exact) mass is 1170 g/mol. The predicted molar refractivity (Wildman–Crippen MR) is 335 cm³/mol. The molecule has 9 rings (SSSR count). The number of imide groups is 1. The van der Waals surface area contributed by atoms with Gasteiger partial charge in [-0.25, -0.2) is 14.5 Å². The number of rotatable bonds is 14. The van der Waals surface area contributed by atoms with Gasteiger partial charge in [0.25, 0.3) is 0 Å². The summed E-state index contributed by atoms with van der Waals surface area (Å²) < 4.78 is 33.4. The van der Waals surface area contributed by atoms with Gasteiger partial charge in [0, 0.05) is 49.4 Å². The van der Waals surface area contributed by atoms with E-state index in [0.29, 0.717) is 38.0 Å². The van der Waals surface area contributed by atoms with Crippen LogP contribution in [0.4, 0.5) is 9.59 Å². The molecule has 2 atom stereocenters. The van der Waals surface area contributed by atoms with E-state index < -0.39 is 11.5 Å². The van der Waals surface area contributed by atoms with E-state index in [1.54, 1.807) is 19.8 Å². The molecule has 0 spiro atoms. The molecule has 2 aliphatic heterocycles. The maximum absolute atomic E-state index is 12.6. The van der Waals surface area contributed by atoms with Crippen LogP contribution >= 0.6 is 11.6 Å².